The molecule has 0 aliphatic carbocycles. The van der Waals surface area contributed by atoms with Gasteiger partial charge in [-0.25, -0.2) is 4.98 Å². The van der Waals surface area contributed by atoms with E-state index in [0.717, 1.165) is 22.9 Å². The smallest absolute Gasteiger partial charge is 0.289 e. The molecule has 1 fully saturated rings. The fraction of sp³-hybridized carbons (Fsp3) is 0.286. The summed E-state index contributed by atoms with van der Waals surface area (Å²) < 4.78 is 10.6. The van der Waals surface area contributed by atoms with Crippen molar-refractivity contribution in [2.45, 2.75) is 6.92 Å². The van der Waals surface area contributed by atoms with Crippen molar-refractivity contribution in [2.75, 3.05) is 43.5 Å². The van der Waals surface area contributed by atoms with E-state index in [0.29, 0.717) is 37.9 Å². The van der Waals surface area contributed by atoms with Crippen molar-refractivity contribution in [3.63, 3.8) is 0 Å². The van der Waals surface area contributed by atoms with Crippen molar-refractivity contribution in [2.24, 2.45) is 0 Å². The summed E-state index contributed by atoms with van der Waals surface area (Å²) in [4.78, 5) is 25.6. The van der Waals surface area contributed by atoms with Crippen LogP contribution in [-0.4, -0.2) is 54.1 Å². The number of amides is 1. The molecule has 1 aliphatic heterocycles. The summed E-state index contributed by atoms with van der Waals surface area (Å²) in [6, 6.07) is 13.0. The molecule has 150 valence electrons. The third-order valence-electron chi connectivity index (χ3n) is 4.82. The summed E-state index contributed by atoms with van der Waals surface area (Å²) in [6.07, 6.45) is 1.52. The van der Waals surface area contributed by atoms with E-state index >= 15 is 0 Å². The van der Waals surface area contributed by atoms with Crippen LogP contribution in [0.3, 0.4) is 0 Å². The van der Waals surface area contributed by atoms with Crippen molar-refractivity contribution in [3.8, 4) is 5.75 Å². The Morgan fingerprint density at radius 3 is 2.62 bits per heavy atom. The number of methoxy groups -OCH3 is 1. The molecule has 29 heavy (non-hydrogen) atoms. The van der Waals surface area contributed by atoms with Crippen LogP contribution in [-0.2, 0) is 0 Å². The van der Waals surface area contributed by atoms with Crippen molar-refractivity contribution in [1.29, 1.82) is 0 Å². The summed E-state index contributed by atoms with van der Waals surface area (Å²) in [6.45, 7) is 4.54. The fourth-order valence-corrected chi connectivity index (χ4v) is 3.33. The van der Waals surface area contributed by atoms with Crippen LogP contribution in [0.4, 0.5) is 17.5 Å². The van der Waals surface area contributed by atoms with Gasteiger partial charge in [0, 0.05) is 37.9 Å². The molecule has 3 aromatic rings. The maximum atomic E-state index is 12.4. The molecule has 1 aromatic carbocycles. The highest BCUT2D eigenvalue weighted by Crippen LogP contribution is 2.27. The van der Waals surface area contributed by atoms with Gasteiger partial charge >= 0.3 is 0 Å². The minimum atomic E-state index is -0.0768. The van der Waals surface area contributed by atoms with Crippen molar-refractivity contribution in [3.05, 3.63) is 60.2 Å². The van der Waals surface area contributed by atoms with Crippen LogP contribution in [0.5, 0.6) is 5.75 Å². The van der Waals surface area contributed by atoms with Crippen LogP contribution in [0, 0.1) is 6.92 Å². The van der Waals surface area contributed by atoms with Gasteiger partial charge in [0.15, 0.2) is 5.76 Å². The molecule has 4 rings (SSSR count). The van der Waals surface area contributed by atoms with Gasteiger partial charge < -0.3 is 24.3 Å². The van der Waals surface area contributed by atoms with E-state index in [-0.39, 0.29) is 5.91 Å². The van der Waals surface area contributed by atoms with Gasteiger partial charge in [-0.1, -0.05) is 12.1 Å². The molecule has 0 radical (unpaired) electrons. The van der Waals surface area contributed by atoms with E-state index in [1.807, 2.05) is 37.3 Å². The van der Waals surface area contributed by atoms with Gasteiger partial charge in [0.05, 0.1) is 19.1 Å². The molecule has 0 unspecified atom stereocenters. The first-order valence-corrected chi connectivity index (χ1v) is 9.47. The predicted molar refractivity (Wildman–Crippen MR) is 110 cm³/mol. The van der Waals surface area contributed by atoms with Gasteiger partial charge in [-0.05, 0) is 31.2 Å². The van der Waals surface area contributed by atoms with Crippen LogP contribution in [0.2, 0.25) is 0 Å². The Morgan fingerprint density at radius 2 is 1.90 bits per heavy atom. The number of aromatic nitrogens is 2. The lowest BCUT2D eigenvalue weighted by atomic mass is 10.2. The molecular formula is C21H23N5O3. The predicted octanol–water partition coefficient (Wildman–Crippen LogP) is 3.09. The number of nitrogens with zero attached hydrogens (tertiary/aromatic N) is 4. The topological polar surface area (TPSA) is 83.7 Å². The summed E-state index contributed by atoms with van der Waals surface area (Å²) in [5.74, 6) is 2.37. The van der Waals surface area contributed by atoms with Gasteiger partial charge in [0.2, 0.25) is 5.95 Å². The van der Waals surface area contributed by atoms with Gasteiger partial charge in [-0.3, -0.25) is 4.79 Å². The van der Waals surface area contributed by atoms with E-state index in [9.17, 15) is 4.79 Å². The van der Waals surface area contributed by atoms with Gasteiger partial charge in [-0.15, -0.1) is 0 Å². The number of nitrogens with one attached hydrogen (secondary N) is 1. The van der Waals surface area contributed by atoms with Crippen LogP contribution in [0.25, 0.3) is 0 Å². The number of ether oxygens (including phenoxy) is 1. The van der Waals surface area contributed by atoms with Gasteiger partial charge in [0.1, 0.15) is 11.6 Å². The number of hydrogen-bond acceptors (Lipinski definition) is 7. The molecule has 3 heterocycles. The van der Waals surface area contributed by atoms with Gasteiger partial charge in [0.25, 0.3) is 5.91 Å². The lowest BCUT2D eigenvalue weighted by molar-refractivity contribution is 0.0714. The Balaban J connectivity index is 1.46. The number of benzene rings is 1. The maximum Gasteiger partial charge on any atom is 0.289 e. The molecule has 1 aliphatic rings. The molecule has 0 atom stereocenters. The Labute approximate surface area is 169 Å². The highest BCUT2D eigenvalue weighted by Gasteiger charge is 2.24. The molecule has 0 saturated carbocycles. The second kappa shape index (κ2) is 8.22. The number of hydrogen-bond donors (Lipinski definition) is 1. The third-order valence-corrected chi connectivity index (χ3v) is 4.82. The highest BCUT2D eigenvalue weighted by molar-refractivity contribution is 5.91. The Kier molecular flexibility index (Phi) is 5.33. The number of para-hydroxylation sites is 2. The van der Waals surface area contributed by atoms with Crippen LogP contribution in [0.15, 0.2) is 53.1 Å². The molecule has 0 spiro atoms. The maximum absolute atomic E-state index is 12.4. The number of anilines is 3. The Hall–Kier alpha value is -3.55. The lowest BCUT2D eigenvalue weighted by Gasteiger charge is -2.35. The van der Waals surface area contributed by atoms with Crippen LogP contribution < -0.4 is 15.0 Å². The monoisotopic (exact) mass is 393 g/mol. The quantitative estimate of drug-likeness (QED) is 0.713. The van der Waals surface area contributed by atoms with Crippen molar-refractivity contribution < 1.29 is 13.9 Å². The second-order valence-corrected chi connectivity index (χ2v) is 6.77. The zero-order chi connectivity index (χ0) is 20.2. The molecule has 2 aromatic heterocycles. The highest BCUT2D eigenvalue weighted by atomic mass is 16.5. The van der Waals surface area contributed by atoms with E-state index in [2.05, 4.69) is 20.2 Å². The standard InChI is InChI=1S/C21H23N5O3/c1-15-14-19(24-21(22-15)23-16-6-3-4-7-17(16)28-2)25-9-11-26(12-10-25)20(27)18-8-5-13-29-18/h3-8,13-14H,9-12H2,1-2H3,(H,22,23,24). The van der Waals surface area contributed by atoms with E-state index in [1.54, 1.807) is 24.1 Å². The number of piperazine rings is 1. The minimum absolute atomic E-state index is 0.0768. The molecule has 1 amide bonds. The molecule has 0 bridgehead atoms. The van der Waals surface area contributed by atoms with Crippen molar-refractivity contribution in [1.82, 2.24) is 14.9 Å². The number of carbonyl (C=O) groups excluding carboxylic acids is 1. The molecule has 8 heteroatoms. The number of rotatable bonds is 5. The van der Waals surface area contributed by atoms with Crippen LogP contribution in [0.1, 0.15) is 16.2 Å². The third kappa shape index (κ3) is 4.16. The summed E-state index contributed by atoms with van der Waals surface area (Å²) in [5.41, 5.74) is 1.67. The first-order chi connectivity index (χ1) is 14.1. The molecular weight excluding hydrogens is 370 g/mol. The number of carbonyl (C=O) groups is 1. The van der Waals surface area contributed by atoms with Gasteiger partial charge in [-0.2, -0.15) is 4.98 Å². The summed E-state index contributed by atoms with van der Waals surface area (Å²) in [5, 5.41) is 3.24. The molecule has 1 N–H and O–H groups in total. The largest absolute Gasteiger partial charge is 0.495 e. The van der Waals surface area contributed by atoms with E-state index in [4.69, 9.17) is 9.15 Å². The number of furan rings is 1. The van der Waals surface area contributed by atoms with Crippen LogP contribution >= 0.6 is 0 Å². The molecule has 1 saturated heterocycles. The Morgan fingerprint density at radius 1 is 1.10 bits per heavy atom. The Bertz CT molecular complexity index is 982. The lowest BCUT2D eigenvalue weighted by Crippen LogP contribution is -2.49. The second-order valence-electron chi connectivity index (χ2n) is 6.77. The average molecular weight is 393 g/mol. The fourth-order valence-electron chi connectivity index (χ4n) is 3.33. The van der Waals surface area contributed by atoms with E-state index < -0.39 is 0 Å². The first-order valence-electron chi connectivity index (χ1n) is 9.47. The zero-order valence-corrected chi connectivity index (χ0v) is 16.5. The summed E-state index contributed by atoms with van der Waals surface area (Å²) >= 11 is 0. The normalized spacial score (nSPS) is 14.0. The SMILES string of the molecule is COc1ccccc1Nc1nc(C)cc(N2CCN(C(=O)c3ccco3)CC2)n1. The molecule has 8 nitrogen and oxygen atoms in total. The average Bonchev–Trinajstić information content (AvgIpc) is 3.28. The zero-order valence-electron chi connectivity index (χ0n) is 16.5. The van der Waals surface area contributed by atoms with E-state index in [1.165, 1.54) is 6.26 Å². The van der Waals surface area contributed by atoms with Crippen molar-refractivity contribution >= 4 is 23.4 Å². The first kappa shape index (κ1) is 18.8. The minimum Gasteiger partial charge on any atom is -0.495 e. The summed E-state index contributed by atoms with van der Waals surface area (Å²) in [7, 11) is 1.63. The number of aryl methyl sites for hydroxylation is 1.